The molecule has 3 rings (SSSR count). The molecule has 0 saturated carbocycles. The van der Waals surface area contributed by atoms with Crippen molar-refractivity contribution in [2.24, 2.45) is 0 Å². The molecule has 0 aliphatic rings. The largest absolute Gasteiger partial charge is 0.360 e. The molecular weight excluding hydrogens is 260 g/mol. The van der Waals surface area contributed by atoms with E-state index in [9.17, 15) is 4.79 Å². The number of aromatic amines is 1. The number of hydrogen-bond donors (Lipinski definition) is 1. The lowest BCUT2D eigenvalue weighted by Gasteiger charge is -2.17. The fourth-order valence-electron chi connectivity index (χ4n) is 2.50. The van der Waals surface area contributed by atoms with Crippen molar-refractivity contribution in [1.29, 1.82) is 0 Å². The van der Waals surface area contributed by atoms with E-state index in [2.05, 4.69) is 24.0 Å². The Morgan fingerprint density at radius 3 is 2.52 bits per heavy atom. The van der Waals surface area contributed by atoms with E-state index in [1.54, 1.807) is 11.1 Å². The molecule has 0 radical (unpaired) electrons. The normalized spacial score (nSPS) is 10.8. The monoisotopic (exact) mass is 278 g/mol. The highest BCUT2D eigenvalue weighted by Gasteiger charge is 2.17. The predicted molar refractivity (Wildman–Crippen MR) is 86.9 cm³/mol. The van der Waals surface area contributed by atoms with Gasteiger partial charge in [0.2, 0.25) is 0 Å². The number of carbonyl (C=O) groups excluding carboxylic acids is 1. The lowest BCUT2D eigenvalue weighted by atomic mass is 10.1. The minimum atomic E-state index is -0.00306. The van der Waals surface area contributed by atoms with E-state index in [1.165, 1.54) is 5.56 Å². The van der Waals surface area contributed by atoms with E-state index in [0.717, 1.165) is 23.0 Å². The average Bonchev–Trinajstić information content (AvgIpc) is 2.97. The first-order valence-electron chi connectivity index (χ1n) is 7.14. The summed E-state index contributed by atoms with van der Waals surface area (Å²) in [7, 11) is 1.81. The highest BCUT2D eigenvalue weighted by Crippen LogP contribution is 2.22. The van der Waals surface area contributed by atoms with E-state index in [4.69, 9.17) is 0 Å². The number of H-pyrrole nitrogens is 1. The summed E-state index contributed by atoms with van der Waals surface area (Å²) < 4.78 is 0. The van der Waals surface area contributed by atoms with Gasteiger partial charge in [-0.05, 0) is 30.2 Å². The number of fused-ring (bicyclic) bond motifs is 1. The van der Waals surface area contributed by atoms with Crippen molar-refractivity contribution in [3.8, 4) is 0 Å². The number of amides is 1. The number of aryl methyl sites for hydroxylation is 1. The van der Waals surface area contributed by atoms with Crippen molar-refractivity contribution in [2.45, 2.75) is 13.3 Å². The Kier molecular flexibility index (Phi) is 3.48. The van der Waals surface area contributed by atoms with Gasteiger partial charge in [-0.1, -0.05) is 37.3 Å². The van der Waals surface area contributed by atoms with E-state index in [-0.39, 0.29) is 5.91 Å². The Hall–Kier alpha value is -2.55. The molecule has 0 aliphatic carbocycles. The van der Waals surface area contributed by atoms with E-state index < -0.39 is 0 Å². The Morgan fingerprint density at radius 1 is 1.10 bits per heavy atom. The van der Waals surface area contributed by atoms with Crippen LogP contribution in [0.4, 0.5) is 5.69 Å². The molecular formula is C18H18N2O. The molecule has 0 fully saturated rings. The van der Waals surface area contributed by atoms with Crippen LogP contribution in [0.25, 0.3) is 10.9 Å². The van der Waals surface area contributed by atoms with Crippen molar-refractivity contribution >= 4 is 22.5 Å². The molecule has 1 N–H and O–H groups in total. The van der Waals surface area contributed by atoms with Gasteiger partial charge in [0.05, 0.1) is 5.56 Å². The van der Waals surface area contributed by atoms with Crippen LogP contribution in [0.15, 0.2) is 54.7 Å². The van der Waals surface area contributed by atoms with Gasteiger partial charge in [0.15, 0.2) is 0 Å². The second-order valence-electron chi connectivity index (χ2n) is 5.13. The minimum Gasteiger partial charge on any atom is -0.360 e. The number of rotatable bonds is 3. The van der Waals surface area contributed by atoms with Gasteiger partial charge < -0.3 is 9.88 Å². The first-order chi connectivity index (χ1) is 10.2. The number of carbonyl (C=O) groups is 1. The van der Waals surface area contributed by atoms with Crippen molar-refractivity contribution < 1.29 is 4.79 Å². The van der Waals surface area contributed by atoms with Crippen LogP contribution in [0.3, 0.4) is 0 Å². The Morgan fingerprint density at radius 2 is 1.81 bits per heavy atom. The summed E-state index contributed by atoms with van der Waals surface area (Å²) in [6.45, 7) is 2.12. The predicted octanol–water partition coefficient (Wildman–Crippen LogP) is 4.01. The van der Waals surface area contributed by atoms with Crippen LogP contribution in [0, 0.1) is 0 Å². The van der Waals surface area contributed by atoms with Crippen molar-refractivity contribution in [3.05, 3.63) is 65.9 Å². The van der Waals surface area contributed by atoms with Crippen LogP contribution in [-0.2, 0) is 6.42 Å². The molecule has 3 heteroatoms. The van der Waals surface area contributed by atoms with Gasteiger partial charge in [-0.3, -0.25) is 4.79 Å². The van der Waals surface area contributed by atoms with Crippen LogP contribution in [0.2, 0.25) is 0 Å². The highest BCUT2D eigenvalue weighted by molar-refractivity contribution is 6.13. The lowest BCUT2D eigenvalue weighted by molar-refractivity contribution is 0.0994. The number of aromatic nitrogens is 1. The number of para-hydroxylation sites is 1. The highest BCUT2D eigenvalue weighted by atomic mass is 16.2. The zero-order valence-corrected chi connectivity index (χ0v) is 12.3. The maximum atomic E-state index is 12.7. The standard InChI is InChI=1S/C18H18N2O/c1-3-13-8-10-14(11-9-13)20(2)18(21)16-12-19-17-7-5-4-6-15(16)17/h4-12,19H,3H2,1-2H3. The van der Waals surface area contributed by atoms with Crippen molar-refractivity contribution in [1.82, 2.24) is 4.98 Å². The molecule has 3 nitrogen and oxygen atoms in total. The summed E-state index contributed by atoms with van der Waals surface area (Å²) in [6.07, 6.45) is 2.78. The van der Waals surface area contributed by atoms with Crippen LogP contribution in [-0.4, -0.2) is 17.9 Å². The van der Waals surface area contributed by atoms with Crippen LogP contribution < -0.4 is 4.90 Å². The maximum Gasteiger partial charge on any atom is 0.260 e. The molecule has 1 amide bonds. The lowest BCUT2D eigenvalue weighted by Crippen LogP contribution is -2.25. The number of hydrogen-bond acceptors (Lipinski definition) is 1. The molecule has 0 spiro atoms. The molecule has 0 unspecified atom stereocenters. The number of nitrogens with zero attached hydrogens (tertiary/aromatic N) is 1. The summed E-state index contributed by atoms with van der Waals surface area (Å²) >= 11 is 0. The molecule has 1 heterocycles. The van der Waals surface area contributed by atoms with E-state index >= 15 is 0 Å². The molecule has 21 heavy (non-hydrogen) atoms. The smallest absolute Gasteiger partial charge is 0.260 e. The van der Waals surface area contributed by atoms with Gasteiger partial charge in [-0.15, -0.1) is 0 Å². The Labute approximate surface area is 124 Å². The molecule has 1 aromatic heterocycles. The fraction of sp³-hybridized carbons (Fsp3) is 0.167. The Bertz CT molecular complexity index is 771. The summed E-state index contributed by atoms with van der Waals surface area (Å²) in [5, 5.41) is 0.958. The summed E-state index contributed by atoms with van der Waals surface area (Å²) in [6, 6.07) is 16.0. The van der Waals surface area contributed by atoms with Gasteiger partial charge in [-0.25, -0.2) is 0 Å². The number of nitrogens with one attached hydrogen (secondary N) is 1. The van der Waals surface area contributed by atoms with Gasteiger partial charge in [0, 0.05) is 29.8 Å². The molecule has 0 atom stereocenters. The third kappa shape index (κ3) is 2.42. The first-order valence-corrected chi connectivity index (χ1v) is 7.14. The van der Waals surface area contributed by atoms with E-state index in [1.807, 2.05) is 43.4 Å². The summed E-state index contributed by atoms with van der Waals surface area (Å²) in [4.78, 5) is 17.5. The number of benzene rings is 2. The fourth-order valence-corrected chi connectivity index (χ4v) is 2.50. The number of anilines is 1. The average molecular weight is 278 g/mol. The zero-order chi connectivity index (χ0) is 14.8. The van der Waals surface area contributed by atoms with Crippen molar-refractivity contribution in [3.63, 3.8) is 0 Å². The minimum absolute atomic E-state index is 0.00306. The molecule has 3 aromatic rings. The van der Waals surface area contributed by atoms with Crippen LogP contribution in [0.5, 0.6) is 0 Å². The van der Waals surface area contributed by atoms with Crippen molar-refractivity contribution in [2.75, 3.05) is 11.9 Å². The quantitative estimate of drug-likeness (QED) is 0.772. The second-order valence-corrected chi connectivity index (χ2v) is 5.13. The zero-order valence-electron chi connectivity index (χ0n) is 12.3. The summed E-state index contributed by atoms with van der Waals surface area (Å²) in [5.41, 5.74) is 3.86. The van der Waals surface area contributed by atoms with Gasteiger partial charge in [-0.2, -0.15) is 0 Å². The first kappa shape index (κ1) is 13.4. The third-order valence-corrected chi connectivity index (χ3v) is 3.86. The van der Waals surface area contributed by atoms with Gasteiger partial charge in [0.1, 0.15) is 0 Å². The molecule has 0 saturated heterocycles. The summed E-state index contributed by atoms with van der Waals surface area (Å²) in [5.74, 6) is -0.00306. The second kappa shape index (κ2) is 5.44. The molecule has 0 aliphatic heterocycles. The topological polar surface area (TPSA) is 36.1 Å². The van der Waals surface area contributed by atoms with Gasteiger partial charge in [0.25, 0.3) is 5.91 Å². The molecule has 2 aromatic carbocycles. The van der Waals surface area contributed by atoms with Gasteiger partial charge >= 0.3 is 0 Å². The maximum absolute atomic E-state index is 12.7. The third-order valence-electron chi connectivity index (χ3n) is 3.86. The SMILES string of the molecule is CCc1ccc(N(C)C(=O)c2c[nH]c3ccccc23)cc1. The van der Waals surface area contributed by atoms with Crippen LogP contribution in [0.1, 0.15) is 22.8 Å². The molecule has 106 valence electrons. The van der Waals surface area contributed by atoms with Crippen LogP contribution >= 0.6 is 0 Å². The Balaban J connectivity index is 1.93. The molecule has 0 bridgehead atoms. The van der Waals surface area contributed by atoms with E-state index in [0.29, 0.717) is 5.56 Å².